The zero-order valence-electron chi connectivity index (χ0n) is 9.35. The summed E-state index contributed by atoms with van der Waals surface area (Å²) < 4.78 is 5.49. The van der Waals surface area contributed by atoms with Crippen LogP contribution >= 0.6 is 0 Å². The molecule has 0 radical (unpaired) electrons. The van der Waals surface area contributed by atoms with E-state index >= 15 is 0 Å². The number of aromatic hydroxyl groups is 1. The summed E-state index contributed by atoms with van der Waals surface area (Å²) in [5.41, 5.74) is 0.931. The lowest BCUT2D eigenvalue weighted by Gasteiger charge is -2.05. The molecule has 1 heterocycles. The first-order valence-corrected chi connectivity index (χ1v) is 5.77. The Bertz CT molecular complexity index is 309. The van der Waals surface area contributed by atoms with Crippen molar-refractivity contribution >= 4 is 0 Å². The van der Waals surface area contributed by atoms with Gasteiger partial charge in [0, 0.05) is 19.7 Å². The minimum absolute atomic E-state index is 0.205. The van der Waals surface area contributed by atoms with Crippen molar-refractivity contribution in [2.45, 2.75) is 19.4 Å². The van der Waals surface area contributed by atoms with Crippen LogP contribution in [0.3, 0.4) is 0 Å². The van der Waals surface area contributed by atoms with Crippen LogP contribution in [0.25, 0.3) is 0 Å². The van der Waals surface area contributed by atoms with Gasteiger partial charge in [-0.25, -0.2) is 0 Å². The highest BCUT2D eigenvalue weighted by Gasteiger charge is 2.20. The maximum atomic E-state index is 9.05. The molecule has 2 rings (SSSR count). The number of nitrogens with zero attached hydrogens (tertiary/aromatic N) is 1. The molecule has 1 aliphatic carbocycles. The van der Waals surface area contributed by atoms with E-state index < -0.39 is 0 Å². The van der Waals surface area contributed by atoms with E-state index in [9.17, 15) is 0 Å². The number of hydrogen-bond acceptors (Lipinski definition) is 4. The van der Waals surface area contributed by atoms with Gasteiger partial charge < -0.3 is 15.2 Å². The van der Waals surface area contributed by atoms with Gasteiger partial charge in [-0.3, -0.25) is 4.98 Å². The molecule has 0 aromatic carbocycles. The van der Waals surface area contributed by atoms with E-state index in [1.54, 1.807) is 6.07 Å². The Kier molecular flexibility index (Phi) is 4.13. The fraction of sp³-hybridized carbons (Fsp3) is 0.583. The van der Waals surface area contributed by atoms with Crippen molar-refractivity contribution in [2.75, 3.05) is 19.8 Å². The first-order chi connectivity index (χ1) is 7.84. The van der Waals surface area contributed by atoms with Crippen molar-refractivity contribution in [3.63, 3.8) is 0 Å². The normalized spacial score (nSPS) is 15.2. The Morgan fingerprint density at radius 1 is 1.44 bits per heavy atom. The van der Waals surface area contributed by atoms with E-state index in [1.807, 2.05) is 6.07 Å². The highest BCUT2D eigenvalue weighted by molar-refractivity contribution is 5.17. The number of pyridine rings is 1. The van der Waals surface area contributed by atoms with Gasteiger partial charge in [0.1, 0.15) is 5.75 Å². The van der Waals surface area contributed by atoms with Crippen LogP contribution in [0.15, 0.2) is 18.3 Å². The number of hydrogen-bond donors (Lipinski definition) is 2. The molecule has 0 atom stereocenters. The molecule has 0 unspecified atom stereocenters. The van der Waals surface area contributed by atoms with E-state index in [2.05, 4.69) is 10.3 Å². The summed E-state index contributed by atoms with van der Waals surface area (Å²) in [6.07, 6.45) is 4.14. The third-order valence-electron chi connectivity index (χ3n) is 2.59. The third kappa shape index (κ3) is 4.16. The molecular formula is C12H18N2O2. The summed E-state index contributed by atoms with van der Waals surface area (Å²) in [6.45, 7) is 3.23. The number of aromatic nitrogens is 1. The minimum atomic E-state index is 0.205. The van der Waals surface area contributed by atoms with Crippen LogP contribution in [-0.4, -0.2) is 29.8 Å². The summed E-state index contributed by atoms with van der Waals surface area (Å²) >= 11 is 0. The molecule has 4 heteroatoms. The Morgan fingerprint density at radius 2 is 2.31 bits per heavy atom. The molecule has 1 fully saturated rings. The first-order valence-electron chi connectivity index (χ1n) is 5.77. The molecule has 0 spiro atoms. The maximum Gasteiger partial charge on any atom is 0.133 e. The Labute approximate surface area is 95.7 Å². The molecule has 2 N–H and O–H groups in total. The van der Waals surface area contributed by atoms with E-state index in [-0.39, 0.29) is 5.75 Å². The average Bonchev–Trinajstić information content (AvgIpc) is 3.10. The van der Waals surface area contributed by atoms with Crippen LogP contribution in [0.4, 0.5) is 0 Å². The molecule has 0 saturated heterocycles. The number of nitrogens with one attached hydrogen (secondary N) is 1. The van der Waals surface area contributed by atoms with Gasteiger partial charge in [0.05, 0.1) is 18.5 Å². The Balaban J connectivity index is 1.51. The molecule has 4 nitrogen and oxygen atoms in total. The molecule has 16 heavy (non-hydrogen) atoms. The molecule has 0 bridgehead atoms. The molecule has 1 aromatic heterocycles. The van der Waals surface area contributed by atoms with Gasteiger partial charge in [0.25, 0.3) is 0 Å². The number of ether oxygens (including phenoxy) is 1. The van der Waals surface area contributed by atoms with E-state index in [0.29, 0.717) is 6.54 Å². The Morgan fingerprint density at radius 3 is 3.00 bits per heavy atom. The minimum Gasteiger partial charge on any atom is -0.506 e. The van der Waals surface area contributed by atoms with Gasteiger partial charge in [-0.05, 0) is 30.9 Å². The lowest BCUT2D eigenvalue weighted by molar-refractivity contribution is 0.126. The van der Waals surface area contributed by atoms with Crippen LogP contribution in [0, 0.1) is 5.92 Å². The zero-order chi connectivity index (χ0) is 11.2. The molecule has 1 aliphatic rings. The lowest BCUT2D eigenvalue weighted by Crippen LogP contribution is -2.20. The second kappa shape index (κ2) is 5.82. The van der Waals surface area contributed by atoms with Crippen molar-refractivity contribution in [2.24, 2.45) is 5.92 Å². The highest BCUT2D eigenvalue weighted by Crippen LogP contribution is 2.28. The summed E-state index contributed by atoms with van der Waals surface area (Å²) in [4.78, 5) is 4.08. The fourth-order valence-electron chi connectivity index (χ4n) is 1.42. The third-order valence-corrected chi connectivity index (χ3v) is 2.59. The van der Waals surface area contributed by atoms with E-state index in [1.165, 1.54) is 19.0 Å². The zero-order valence-corrected chi connectivity index (χ0v) is 9.35. The predicted octanol–water partition coefficient (Wildman–Crippen LogP) is 1.30. The second-order valence-electron chi connectivity index (χ2n) is 4.20. The smallest absolute Gasteiger partial charge is 0.133 e. The highest BCUT2D eigenvalue weighted by atomic mass is 16.5. The van der Waals surface area contributed by atoms with Crippen LogP contribution < -0.4 is 5.32 Å². The Hall–Kier alpha value is -1.13. The monoisotopic (exact) mass is 222 g/mol. The van der Waals surface area contributed by atoms with Gasteiger partial charge in [-0.15, -0.1) is 0 Å². The van der Waals surface area contributed by atoms with E-state index in [0.717, 1.165) is 31.4 Å². The SMILES string of the molecule is Oc1ccc(CNCCOCC2CC2)nc1. The molecule has 1 aromatic rings. The molecule has 1 saturated carbocycles. The van der Waals surface area contributed by atoms with Crippen molar-refractivity contribution in [3.05, 3.63) is 24.0 Å². The van der Waals surface area contributed by atoms with Crippen molar-refractivity contribution < 1.29 is 9.84 Å². The number of rotatable bonds is 7. The molecular weight excluding hydrogens is 204 g/mol. The van der Waals surface area contributed by atoms with Crippen molar-refractivity contribution in [1.29, 1.82) is 0 Å². The summed E-state index contributed by atoms with van der Waals surface area (Å²) in [5, 5.41) is 12.3. The van der Waals surface area contributed by atoms with Crippen molar-refractivity contribution in [1.82, 2.24) is 10.3 Å². The summed E-state index contributed by atoms with van der Waals surface area (Å²) in [6, 6.07) is 3.46. The molecule has 0 aliphatic heterocycles. The van der Waals surface area contributed by atoms with Crippen LogP contribution in [-0.2, 0) is 11.3 Å². The standard InChI is InChI=1S/C12H18N2O2/c15-12-4-3-11(14-8-12)7-13-5-6-16-9-10-1-2-10/h3-4,8,10,13,15H,1-2,5-7,9H2. The summed E-state index contributed by atoms with van der Waals surface area (Å²) in [7, 11) is 0. The fourth-order valence-corrected chi connectivity index (χ4v) is 1.42. The quantitative estimate of drug-likeness (QED) is 0.683. The maximum absolute atomic E-state index is 9.05. The second-order valence-corrected chi connectivity index (χ2v) is 4.20. The average molecular weight is 222 g/mol. The molecule has 88 valence electrons. The molecule has 0 amide bonds. The largest absolute Gasteiger partial charge is 0.506 e. The van der Waals surface area contributed by atoms with Crippen LogP contribution in [0.5, 0.6) is 5.75 Å². The topological polar surface area (TPSA) is 54.4 Å². The van der Waals surface area contributed by atoms with Crippen LogP contribution in [0.2, 0.25) is 0 Å². The van der Waals surface area contributed by atoms with Gasteiger partial charge in [0.2, 0.25) is 0 Å². The van der Waals surface area contributed by atoms with Gasteiger partial charge in [-0.1, -0.05) is 0 Å². The van der Waals surface area contributed by atoms with Crippen molar-refractivity contribution in [3.8, 4) is 5.75 Å². The lowest BCUT2D eigenvalue weighted by atomic mass is 10.3. The summed E-state index contributed by atoms with van der Waals surface area (Å²) in [5.74, 6) is 1.04. The van der Waals surface area contributed by atoms with Gasteiger partial charge >= 0.3 is 0 Å². The van der Waals surface area contributed by atoms with Crippen LogP contribution in [0.1, 0.15) is 18.5 Å². The predicted molar refractivity (Wildman–Crippen MR) is 61.2 cm³/mol. The van der Waals surface area contributed by atoms with Gasteiger partial charge in [0.15, 0.2) is 0 Å². The van der Waals surface area contributed by atoms with Gasteiger partial charge in [-0.2, -0.15) is 0 Å². The first kappa shape index (κ1) is 11.4. The van der Waals surface area contributed by atoms with E-state index in [4.69, 9.17) is 9.84 Å².